The summed E-state index contributed by atoms with van der Waals surface area (Å²) >= 11 is 0. The summed E-state index contributed by atoms with van der Waals surface area (Å²) in [6, 6.07) is 0.353. The van der Waals surface area contributed by atoms with Crippen LogP contribution in [0.25, 0.3) is 0 Å². The second-order valence-electron chi connectivity index (χ2n) is 4.64. The number of aliphatic carboxylic acids is 1. The van der Waals surface area contributed by atoms with Crippen molar-refractivity contribution in [2.45, 2.75) is 57.6 Å². The Balaban J connectivity index is 2.40. The number of carboxylic acid groups (broad SMARTS) is 1. The van der Waals surface area contributed by atoms with E-state index in [9.17, 15) is 9.90 Å². The Labute approximate surface area is 97.3 Å². The molecule has 4 nitrogen and oxygen atoms in total. The summed E-state index contributed by atoms with van der Waals surface area (Å²) in [5.41, 5.74) is 0. The Bertz CT molecular complexity index is 220. The summed E-state index contributed by atoms with van der Waals surface area (Å²) in [7, 11) is 0. The third-order valence-electron chi connectivity index (χ3n) is 3.36. The van der Waals surface area contributed by atoms with Crippen molar-refractivity contribution < 1.29 is 15.0 Å². The number of aliphatic hydroxyl groups excluding tert-OH is 1. The van der Waals surface area contributed by atoms with Gasteiger partial charge in [0.1, 0.15) is 0 Å². The van der Waals surface area contributed by atoms with Gasteiger partial charge in [-0.2, -0.15) is 0 Å². The van der Waals surface area contributed by atoms with E-state index in [1.165, 1.54) is 12.8 Å². The Morgan fingerprint density at radius 3 is 2.88 bits per heavy atom. The average molecular weight is 229 g/mol. The summed E-state index contributed by atoms with van der Waals surface area (Å²) in [6.45, 7) is 3.67. The minimum Gasteiger partial charge on any atom is -0.481 e. The van der Waals surface area contributed by atoms with Gasteiger partial charge >= 0.3 is 5.97 Å². The highest BCUT2D eigenvalue weighted by Crippen LogP contribution is 2.21. The highest BCUT2D eigenvalue weighted by molar-refractivity contribution is 5.66. The standard InChI is InChI=1S/C12H23NO3/c1-2-11(14)9-13-8-4-3-5-10(13)6-7-12(15)16/h10-11,14H,2-9H2,1H3,(H,15,16). The van der Waals surface area contributed by atoms with E-state index in [2.05, 4.69) is 4.90 Å². The molecule has 0 aliphatic carbocycles. The molecule has 0 radical (unpaired) electrons. The smallest absolute Gasteiger partial charge is 0.303 e. The second kappa shape index (κ2) is 6.86. The molecule has 0 aromatic rings. The molecule has 2 N–H and O–H groups in total. The summed E-state index contributed by atoms with van der Waals surface area (Å²) in [6.07, 6.45) is 4.87. The largest absolute Gasteiger partial charge is 0.481 e. The molecule has 0 amide bonds. The van der Waals surface area contributed by atoms with Crippen molar-refractivity contribution in [2.75, 3.05) is 13.1 Å². The van der Waals surface area contributed by atoms with Crippen molar-refractivity contribution in [3.8, 4) is 0 Å². The van der Waals surface area contributed by atoms with Crippen LogP contribution in [0, 0.1) is 0 Å². The van der Waals surface area contributed by atoms with Crippen molar-refractivity contribution in [3.63, 3.8) is 0 Å². The van der Waals surface area contributed by atoms with Crippen molar-refractivity contribution in [2.24, 2.45) is 0 Å². The first kappa shape index (κ1) is 13.5. The van der Waals surface area contributed by atoms with Crippen LogP contribution in [0.5, 0.6) is 0 Å². The first-order valence-corrected chi connectivity index (χ1v) is 6.27. The lowest BCUT2D eigenvalue weighted by atomic mass is 9.97. The predicted molar refractivity (Wildman–Crippen MR) is 62.4 cm³/mol. The first-order valence-electron chi connectivity index (χ1n) is 6.27. The molecule has 1 rings (SSSR count). The van der Waals surface area contributed by atoms with Crippen LogP contribution in [0.1, 0.15) is 45.4 Å². The molecule has 0 spiro atoms. The van der Waals surface area contributed by atoms with Gasteiger partial charge in [0.2, 0.25) is 0 Å². The Morgan fingerprint density at radius 1 is 1.50 bits per heavy atom. The van der Waals surface area contributed by atoms with Gasteiger partial charge in [-0.1, -0.05) is 13.3 Å². The van der Waals surface area contributed by atoms with Gasteiger partial charge < -0.3 is 10.2 Å². The summed E-state index contributed by atoms with van der Waals surface area (Å²) in [5.74, 6) is -0.721. The Hall–Kier alpha value is -0.610. The molecule has 1 aliphatic heterocycles. The third kappa shape index (κ3) is 4.49. The number of aliphatic hydroxyl groups is 1. The number of β-amino-alcohol motifs (C(OH)–C–C–N with tert-alkyl or cyclic N) is 1. The summed E-state index contributed by atoms with van der Waals surface area (Å²) in [5, 5.41) is 18.3. The van der Waals surface area contributed by atoms with E-state index in [0.717, 1.165) is 19.4 Å². The molecule has 0 saturated carbocycles. The quantitative estimate of drug-likeness (QED) is 0.724. The molecule has 1 fully saturated rings. The van der Waals surface area contributed by atoms with E-state index in [1.54, 1.807) is 0 Å². The molecule has 1 saturated heterocycles. The highest BCUT2D eigenvalue weighted by Gasteiger charge is 2.24. The molecule has 2 atom stereocenters. The van der Waals surface area contributed by atoms with Crippen LogP contribution in [-0.4, -0.2) is 46.3 Å². The van der Waals surface area contributed by atoms with Crippen LogP contribution in [0.15, 0.2) is 0 Å². The minimum atomic E-state index is -0.721. The lowest BCUT2D eigenvalue weighted by molar-refractivity contribution is -0.137. The zero-order valence-electron chi connectivity index (χ0n) is 10.1. The monoisotopic (exact) mass is 229 g/mol. The SMILES string of the molecule is CCC(O)CN1CCCCC1CCC(=O)O. The van der Waals surface area contributed by atoms with E-state index in [4.69, 9.17) is 5.11 Å². The van der Waals surface area contributed by atoms with Crippen molar-refractivity contribution in [3.05, 3.63) is 0 Å². The third-order valence-corrected chi connectivity index (χ3v) is 3.36. The normalized spacial score (nSPS) is 24.2. The molecule has 1 aliphatic rings. The van der Waals surface area contributed by atoms with Gasteiger partial charge in [-0.3, -0.25) is 9.69 Å². The van der Waals surface area contributed by atoms with Gasteiger partial charge in [-0.05, 0) is 32.2 Å². The minimum absolute atomic E-state index is 0.239. The maximum Gasteiger partial charge on any atom is 0.303 e. The molecule has 0 aromatic carbocycles. The molecule has 16 heavy (non-hydrogen) atoms. The fraction of sp³-hybridized carbons (Fsp3) is 0.917. The summed E-state index contributed by atoms with van der Waals surface area (Å²) < 4.78 is 0. The molecule has 1 heterocycles. The van der Waals surface area contributed by atoms with Crippen LogP contribution in [0.2, 0.25) is 0 Å². The molecule has 94 valence electrons. The van der Waals surface area contributed by atoms with Gasteiger partial charge in [0.25, 0.3) is 0 Å². The number of carbonyl (C=O) groups is 1. The van der Waals surface area contributed by atoms with Gasteiger partial charge in [0.05, 0.1) is 6.10 Å². The van der Waals surface area contributed by atoms with E-state index < -0.39 is 5.97 Å². The lowest BCUT2D eigenvalue weighted by Crippen LogP contribution is -2.43. The van der Waals surface area contributed by atoms with Crippen LogP contribution in [0.4, 0.5) is 0 Å². The Morgan fingerprint density at radius 2 is 2.25 bits per heavy atom. The molecular weight excluding hydrogens is 206 g/mol. The summed E-state index contributed by atoms with van der Waals surface area (Å²) in [4.78, 5) is 12.8. The van der Waals surface area contributed by atoms with Crippen LogP contribution < -0.4 is 0 Å². The van der Waals surface area contributed by atoms with Gasteiger partial charge in [-0.25, -0.2) is 0 Å². The number of likely N-dealkylation sites (tertiary alicyclic amines) is 1. The number of piperidine rings is 1. The molecular formula is C12H23NO3. The highest BCUT2D eigenvalue weighted by atomic mass is 16.4. The van der Waals surface area contributed by atoms with Gasteiger partial charge in [-0.15, -0.1) is 0 Å². The maximum atomic E-state index is 10.6. The van der Waals surface area contributed by atoms with Crippen molar-refractivity contribution >= 4 is 5.97 Å². The number of rotatable bonds is 6. The van der Waals surface area contributed by atoms with E-state index in [0.29, 0.717) is 19.0 Å². The van der Waals surface area contributed by atoms with Crippen LogP contribution >= 0.6 is 0 Å². The van der Waals surface area contributed by atoms with Gasteiger partial charge in [0, 0.05) is 19.0 Å². The first-order chi connectivity index (χ1) is 7.63. The Kier molecular flexibility index (Phi) is 5.77. The van der Waals surface area contributed by atoms with Crippen molar-refractivity contribution in [1.82, 2.24) is 4.90 Å². The molecule has 0 aromatic heterocycles. The molecule has 4 heteroatoms. The number of carboxylic acids is 1. The maximum absolute atomic E-state index is 10.6. The topological polar surface area (TPSA) is 60.8 Å². The molecule has 2 unspecified atom stereocenters. The van der Waals surface area contributed by atoms with E-state index in [-0.39, 0.29) is 12.5 Å². The fourth-order valence-corrected chi connectivity index (χ4v) is 2.32. The number of hydrogen-bond donors (Lipinski definition) is 2. The lowest BCUT2D eigenvalue weighted by Gasteiger charge is -2.36. The number of nitrogens with zero attached hydrogens (tertiary/aromatic N) is 1. The second-order valence-corrected chi connectivity index (χ2v) is 4.64. The zero-order valence-corrected chi connectivity index (χ0v) is 10.1. The van der Waals surface area contributed by atoms with E-state index >= 15 is 0 Å². The zero-order chi connectivity index (χ0) is 12.0. The van der Waals surface area contributed by atoms with Crippen LogP contribution in [-0.2, 0) is 4.79 Å². The van der Waals surface area contributed by atoms with Crippen LogP contribution in [0.3, 0.4) is 0 Å². The fourth-order valence-electron chi connectivity index (χ4n) is 2.32. The number of hydrogen-bond acceptors (Lipinski definition) is 3. The average Bonchev–Trinajstić information content (AvgIpc) is 2.27. The predicted octanol–water partition coefficient (Wildman–Crippen LogP) is 1.48. The molecule has 0 bridgehead atoms. The van der Waals surface area contributed by atoms with E-state index in [1.807, 2.05) is 6.92 Å². The van der Waals surface area contributed by atoms with Gasteiger partial charge in [0.15, 0.2) is 0 Å². The van der Waals surface area contributed by atoms with Crippen molar-refractivity contribution in [1.29, 1.82) is 0 Å².